The number of benzene rings is 1. The van der Waals surface area contributed by atoms with Crippen LogP contribution in [0.25, 0.3) is 10.8 Å². The molecule has 0 bridgehead atoms. The van der Waals surface area contributed by atoms with Gasteiger partial charge in [0.1, 0.15) is 10.6 Å². The zero-order valence-electron chi connectivity index (χ0n) is 15.9. The average Bonchev–Trinajstić information content (AvgIpc) is 3.37. The predicted molar refractivity (Wildman–Crippen MR) is 105 cm³/mol. The van der Waals surface area contributed by atoms with Gasteiger partial charge in [-0.2, -0.15) is 0 Å². The fourth-order valence-electron chi connectivity index (χ4n) is 3.44. The Hall–Kier alpha value is -2.74. The highest BCUT2D eigenvalue weighted by atomic mass is 32.1. The van der Waals surface area contributed by atoms with Gasteiger partial charge in [-0.05, 0) is 37.5 Å². The molecule has 0 radical (unpaired) electrons. The summed E-state index contributed by atoms with van der Waals surface area (Å²) in [4.78, 5) is 19.7. The lowest BCUT2D eigenvalue weighted by Crippen LogP contribution is -2.38. The van der Waals surface area contributed by atoms with Crippen molar-refractivity contribution in [2.75, 3.05) is 20.2 Å². The van der Waals surface area contributed by atoms with Crippen molar-refractivity contribution in [3.63, 3.8) is 0 Å². The third kappa shape index (κ3) is 3.91. The van der Waals surface area contributed by atoms with Crippen molar-refractivity contribution in [1.29, 1.82) is 0 Å². The maximum absolute atomic E-state index is 12.6. The third-order valence-electron chi connectivity index (χ3n) is 5.07. The Labute approximate surface area is 167 Å². The molecule has 1 aliphatic rings. The number of rotatable bonds is 5. The van der Waals surface area contributed by atoms with Crippen LogP contribution < -0.4 is 4.74 Å². The number of piperidine rings is 1. The SMILES string of the molecule is COc1cccc(CC(=O)N2CCC(c3nnc(-c4scnc4C)o3)CC2)c1. The highest BCUT2D eigenvalue weighted by Crippen LogP contribution is 2.31. The van der Waals surface area contributed by atoms with Crippen molar-refractivity contribution in [3.8, 4) is 16.5 Å². The summed E-state index contributed by atoms with van der Waals surface area (Å²) in [5, 5.41) is 8.42. The number of thiazole rings is 1. The van der Waals surface area contributed by atoms with E-state index >= 15 is 0 Å². The first kappa shape index (κ1) is 18.6. The molecular formula is C20H22N4O3S. The fraction of sp³-hybridized carbons (Fsp3) is 0.400. The van der Waals surface area contributed by atoms with Crippen molar-refractivity contribution < 1.29 is 13.9 Å². The molecule has 1 saturated heterocycles. The standard InChI is InChI=1S/C20H22N4O3S/c1-13-18(28-12-21-13)20-23-22-19(27-20)15-6-8-24(9-7-15)17(25)11-14-4-3-5-16(10-14)26-2/h3-5,10,12,15H,6-9,11H2,1-2H3. The lowest BCUT2D eigenvalue weighted by atomic mass is 9.96. The molecule has 1 amide bonds. The van der Waals surface area contributed by atoms with Crippen LogP contribution in [0.15, 0.2) is 34.2 Å². The molecule has 4 rings (SSSR count). The van der Waals surface area contributed by atoms with Crippen LogP contribution in [0.5, 0.6) is 5.75 Å². The van der Waals surface area contributed by atoms with Gasteiger partial charge in [0, 0.05) is 19.0 Å². The molecule has 0 spiro atoms. The van der Waals surface area contributed by atoms with Gasteiger partial charge in [-0.15, -0.1) is 21.5 Å². The number of hydrogen-bond donors (Lipinski definition) is 0. The number of methoxy groups -OCH3 is 1. The molecule has 0 N–H and O–H groups in total. The lowest BCUT2D eigenvalue weighted by Gasteiger charge is -2.30. The van der Waals surface area contributed by atoms with Crippen LogP contribution in [0.1, 0.15) is 35.9 Å². The van der Waals surface area contributed by atoms with E-state index in [1.165, 1.54) is 11.3 Å². The highest BCUT2D eigenvalue weighted by Gasteiger charge is 2.28. The van der Waals surface area contributed by atoms with Crippen molar-refractivity contribution in [2.45, 2.75) is 32.1 Å². The molecule has 0 saturated carbocycles. The van der Waals surface area contributed by atoms with Gasteiger partial charge in [-0.3, -0.25) is 4.79 Å². The summed E-state index contributed by atoms with van der Waals surface area (Å²) in [7, 11) is 1.63. The van der Waals surface area contributed by atoms with Gasteiger partial charge in [0.2, 0.25) is 11.8 Å². The fourth-order valence-corrected chi connectivity index (χ4v) is 4.17. The minimum atomic E-state index is 0.137. The summed E-state index contributed by atoms with van der Waals surface area (Å²) in [6.45, 7) is 3.33. The van der Waals surface area contributed by atoms with Crippen molar-refractivity contribution >= 4 is 17.2 Å². The number of carbonyl (C=O) groups excluding carboxylic acids is 1. The van der Waals surface area contributed by atoms with Gasteiger partial charge < -0.3 is 14.1 Å². The molecule has 7 nitrogen and oxygen atoms in total. The largest absolute Gasteiger partial charge is 0.497 e. The second-order valence-corrected chi connectivity index (χ2v) is 7.75. The van der Waals surface area contributed by atoms with Crippen LogP contribution in [0.4, 0.5) is 0 Å². The second kappa shape index (κ2) is 8.10. The van der Waals surface area contributed by atoms with E-state index in [9.17, 15) is 4.79 Å². The van der Waals surface area contributed by atoms with Crippen LogP contribution in [0.2, 0.25) is 0 Å². The first-order valence-corrected chi connectivity index (χ1v) is 10.2. The minimum Gasteiger partial charge on any atom is -0.497 e. The zero-order valence-corrected chi connectivity index (χ0v) is 16.7. The molecule has 0 aliphatic carbocycles. The van der Waals surface area contributed by atoms with Gasteiger partial charge in [0.25, 0.3) is 5.89 Å². The maximum Gasteiger partial charge on any atom is 0.259 e. The first-order valence-electron chi connectivity index (χ1n) is 9.28. The summed E-state index contributed by atoms with van der Waals surface area (Å²) in [5.74, 6) is 2.29. The van der Waals surface area contributed by atoms with Gasteiger partial charge in [-0.25, -0.2) is 4.98 Å². The number of carbonyl (C=O) groups is 1. The quantitative estimate of drug-likeness (QED) is 0.655. The van der Waals surface area contributed by atoms with Crippen LogP contribution in [0.3, 0.4) is 0 Å². The van der Waals surface area contributed by atoms with E-state index in [0.717, 1.165) is 34.7 Å². The smallest absolute Gasteiger partial charge is 0.259 e. The molecule has 3 heterocycles. The predicted octanol–water partition coefficient (Wildman–Crippen LogP) is 3.46. The molecule has 8 heteroatoms. The molecule has 1 aromatic carbocycles. The summed E-state index contributed by atoms with van der Waals surface area (Å²) < 4.78 is 11.1. The van der Waals surface area contributed by atoms with Gasteiger partial charge in [-0.1, -0.05) is 12.1 Å². The van der Waals surface area contributed by atoms with Crippen molar-refractivity contribution in [3.05, 3.63) is 46.9 Å². The number of aryl methyl sites for hydroxylation is 1. The molecule has 1 fully saturated rings. The number of aromatic nitrogens is 3. The molecule has 2 aromatic heterocycles. The second-order valence-electron chi connectivity index (χ2n) is 6.90. The third-order valence-corrected chi connectivity index (χ3v) is 5.98. The van der Waals surface area contributed by atoms with E-state index in [1.54, 1.807) is 12.6 Å². The molecule has 146 valence electrons. The normalized spacial score (nSPS) is 15.0. The molecular weight excluding hydrogens is 376 g/mol. The molecule has 1 aliphatic heterocycles. The zero-order chi connectivity index (χ0) is 19.5. The average molecular weight is 398 g/mol. The Morgan fingerprint density at radius 1 is 1.32 bits per heavy atom. The topological polar surface area (TPSA) is 81.4 Å². The summed E-state index contributed by atoms with van der Waals surface area (Å²) >= 11 is 1.50. The van der Waals surface area contributed by atoms with E-state index in [4.69, 9.17) is 9.15 Å². The van der Waals surface area contributed by atoms with Gasteiger partial charge in [0.15, 0.2) is 0 Å². The van der Waals surface area contributed by atoms with Crippen molar-refractivity contribution in [1.82, 2.24) is 20.1 Å². The van der Waals surface area contributed by atoms with E-state index in [0.29, 0.717) is 31.3 Å². The molecule has 0 atom stereocenters. The monoisotopic (exact) mass is 398 g/mol. The van der Waals surface area contributed by atoms with E-state index < -0.39 is 0 Å². The Bertz CT molecular complexity index is 960. The number of amides is 1. The number of nitrogens with zero attached hydrogens (tertiary/aromatic N) is 4. The molecule has 3 aromatic rings. The van der Waals surface area contributed by atoms with Crippen LogP contribution >= 0.6 is 11.3 Å². The Balaban J connectivity index is 1.35. The van der Waals surface area contributed by atoms with Gasteiger partial charge >= 0.3 is 0 Å². The molecule has 0 unspecified atom stereocenters. The Kier molecular flexibility index (Phi) is 5.38. The number of hydrogen-bond acceptors (Lipinski definition) is 7. The summed E-state index contributed by atoms with van der Waals surface area (Å²) in [6, 6.07) is 7.65. The number of ether oxygens (including phenoxy) is 1. The number of likely N-dealkylation sites (tertiary alicyclic amines) is 1. The van der Waals surface area contributed by atoms with Crippen LogP contribution in [0, 0.1) is 6.92 Å². The van der Waals surface area contributed by atoms with E-state index in [2.05, 4.69) is 15.2 Å². The first-order chi connectivity index (χ1) is 13.6. The van der Waals surface area contributed by atoms with Gasteiger partial charge in [0.05, 0.1) is 24.7 Å². The van der Waals surface area contributed by atoms with E-state index in [-0.39, 0.29) is 11.8 Å². The summed E-state index contributed by atoms with van der Waals surface area (Å²) in [6.07, 6.45) is 2.04. The Morgan fingerprint density at radius 2 is 2.14 bits per heavy atom. The van der Waals surface area contributed by atoms with Crippen molar-refractivity contribution in [2.24, 2.45) is 0 Å². The molecule has 28 heavy (non-hydrogen) atoms. The lowest BCUT2D eigenvalue weighted by molar-refractivity contribution is -0.131. The highest BCUT2D eigenvalue weighted by molar-refractivity contribution is 7.13. The van der Waals surface area contributed by atoms with Crippen LogP contribution in [-0.4, -0.2) is 46.2 Å². The maximum atomic E-state index is 12.6. The minimum absolute atomic E-state index is 0.137. The Morgan fingerprint density at radius 3 is 2.86 bits per heavy atom. The van der Waals surface area contributed by atoms with Crippen LogP contribution in [-0.2, 0) is 11.2 Å². The van der Waals surface area contributed by atoms with E-state index in [1.807, 2.05) is 36.1 Å². The summed E-state index contributed by atoms with van der Waals surface area (Å²) in [5.41, 5.74) is 3.65.